The highest BCUT2D eigenvalue weighted by molar-refractivity contribution is 5.94. The number of carbonyl (C=O) groups is 1. The van der Waals surface area contributed by atoms with Crippen LogP contribution in [0.2, 0.25) is 0 Å². The van der Waals surface area contributed by atoms with E-state index in [0.717, 1.165) is 5.56 Å². The van der Waals surface area contributed by atoms with Gasteiger partial charge in [0.05, 0.1) is 6.61 Å². The highest BCUT2D eigenvalue weighted by atomic mass is 16.7. The standard InChI is InChI=1S/C22H25NO6/c1-25-19-17(23-20(24)14-9-5-3-6-10-14)22(26-2)28-16-13-27-21(29-18(16)19)15-11-7-4-8-12-15/h3-12,16-19,21-22H,13H2,1-2H3,(H,23,24)/t16-,17-,18-,19-,21+,22+/m0/s1. The number of rotatable bonds is 5. The summed E-state index contributed by atoms with van der Waals surface area (Å²) in [6.45, 7) is 0.337. The van der Waals surface area contributed by atoms with Crippen molar-refractivity contribution in [2.45, 2.75) is 36.9 Å². The summed E-state index contributed by atoms with van der Waals surface area (Å²) >= 11 is 0. The molecule has 0 aliphatic carbocycles. The average molecular weight is 399 g/mol. The van der Waals surface area contributed by atoms with Gasteiger partial charge in [0.1, 0.15) is 24.4 Å². The molecule has 2 aromatic carbocycles. The van der Waals surface area contributed by atoms with Gasteiger partial charge in [-0.05, 0) is 12.1 Å². The smallest absolute Gasteiger partial charge is 0.251 e. The van der Waals surface area contributed by atoms with Gasteiger partial charge in [-0.15, -0.1) is 0 Å². The van der Waals surface area contributed by atoms with Gasteiger partial charge in [0.25, 0.3) is 5.91 Å². The molecule has 2 heterocycles. The summed E-state index contributed by atoms with van der Waals surface area (Å²) in [5, 5.41) is 2.99. The van der Waals surface area contributed by atoms with Crippen molar-refractivity contribution in [1.82, 2.24) is 5.32 Å². The first-order valence-corrected chi connectivity index (χ1v) is 9.60. The fourth-order valence-corrected chi connectivity index (χ4v) is 3.81. The third-order valence-electron chi connectivity index (χ3n) is 5.25. The average Bonchev–Trinajstić information content (AvgIpc) is 2.79. The Kier molecular flexibility index (Phi) is 6.22. The predicted octanol–water partition coefficient (Wildman–Crippen LogP) is 2.29. The molecule has 0 unspecified atom stereocenters. The molecule has 2 aliphatic heterocycles. The highest BCUT2D eigenvalue weighted by Crippen LogP contribution is 2.35. The summed E-state index contributed by atoms with van der Waals surface area (Å²) in [5.74, 6) is -0.228. The molecule has 0 bridgehead atoms. The highest BCUT2D eigenvalue weighted by Gasteiger charge is 2.51. The molecule has 0 radical (unpaired) electrons. The van der Waals surface area contributed by atoms with E-state index in [1.807, 2.05) is 48.5 Å². The minimum atomic E-state index is -0.686. The SMILES string of the molecule is CO[C@@H]1O[C@H]2CO[C@@H](c3ccccc3)O[C@@H]2[C@@H](OC)[C@@H]1NC(=O)c1ccccc1. The molecule has 7 nitrogen and oxygen atoms in total. The van der Waals surface area contributed by atoms with Crippen molar-refractivity contribution in [2.75, 3.05) is 20.8 Å². The van der Waals surface area contributed by atoms with Crippen LogP contribution >= 0.6 is 0 Å². The first-order chi connectivity index (χ1) is 14.2. The number of nitrogens with one attached hydrogen (secondary N) is 1. The molecular formula is C22H25NO6. The van der Waals surface area contributed by atoms with Gasteiger partial charge in [-0.25, -0.2) is 0 Å². The van der Waals surface area contributed by atoms with Crippen molar-refractivity contribution < 1.29 is 28.5 Å². The Labute approximate surface area is 169 Å². The van der Waals surface area contributed by atoms with Gasteiger partial charge in [0.15, 0.2) is 12.6 Å². The lowest BCUT2D eigenvalue weighted by Crippen LogP contribution is -2.67. The molecule has 2 saturated heterocycles. The van der Waals surface area contributed by atoms with E-state index in [-0.39, 0.29) is 12.0 Å². The van der Waals surface area contributed by atoms with Crippen LogP contribution < -0.4 is 5.32 Å². The molecule has 0 aromatic heterocycles. The number of methoxy groups -OCH3 is 2. The maximum Gasteiger partial charge on any atom is 0.251 e. The van der Waals surface area contributed by atoms with E-state index >= 15 is 0 Å². The van der Waals surface area contributed by atoms with E-state index < -0.39 is 30.8 Å². The number of hydrogen-bond donors (Lipinski definition) is 1. The molecule has 154 valence electrons. The molecule has 2 aliphatic rings. The van der Waals surface area contributed by atoms with Crippen molar-refractivity contribution in [2.24, 2.45) is 0 Å². The number of amides is 1. The van der Waals surface area contributed by atoms with E-state index in [2.05, 4.69) is 5.32 Å². The number of ether oxygens (including phenoxy) is 5. The minimum Gasteiger partial charge on any atom is -0.376 e. The van der Waals surface area contributed by atoms with Crippen LogP contribution in [0, 0.1) is 0 Å². The van der Waals surface area contributed by atoms with Gasteiger partial charge >= 0.3 is 0 Å². The van der Waals surface area contributed by atoms with Gasteiger partial charge in [-0.1, -0.05) is 48.5 Å². The van der Waals surface area contributed by atoms with E-state index in [1.165, 1.54) is 7.11 Å². The molecule has 0 saturated carbocycles. The monoisotopic (exact) mass is 399 g/mol. The third-order valence-corrected chi connectivity index (χ3v) is 5.25. The summed E-state index contributed by atoms with van der Waals surface area (Å²) in [5.41, 5.74) is 1.47. The summed E-state index contributed by atoms with van der Waals surface area (Å²) in [6, 6.07) is 18.2. The van der Waals surface area contributed by atoms with Crippen molar-refractivity contribution >= 4 is 5.91 Å². The summed E-state index contributed by atoms with van der Waals surface area (Å²) in [7, 11) is 3.13. The molecule has 29 heavy (non-hydrogen) atoms. The second-order valence-electron chi connectivity index (χ2n) is 7.02. The molecule has 7 heteroatoms. The van der Waals surface area contributed by atoms with E-state index in [0.29, 0.717) is 12.2 Å². The topological polar surface area (TPSA) is 75.2 Å². The summed E-state index contributed by atoms with van der Waals surface area (Å²) in [4.78, 5) is 12.7. The van der Waals surface area contributed by atoms with Crippen LogP contribution in [0.5, 0.6) is 0 Å². The van der Waals surface area contributed by atoms with Crippen LogP contribution in [0.25, 0.3) is 0 Å². The number of hydrogen-bond acceptors (Lipinski definition) is 6. The maximum atomic E-state index is 12.7. The van der Waals surface area contributed by atoms with Crippen LogP contribution in [-0.2, 0) is 23.7 Å². The predicted molar refractivity (Wildman–Crippen MR) is 104 cm³/mol. The molecule has 1 amide bonds. The lowest BCUT2D eigenvalue weighted by atomic mass is 9.95. The van der Waals surface area contributed by atoms with Gasteiger partial charge in [0.2, 0.25) is 0 Å². The van der Waals surface area contributed by atoms with Crippen molar-refractivity contribution in [1.29, 1.82) is 0 Å². The quantitative estimate of drug-likeness (QED) is 0.832. The minimum absolute atomic E-state index is 0.228. The van der Waals surface area contributed by atoms with E-state index in [1.54, 1.807) is 19.2 Å². The van der Waals surface area contributed by atoms with Crippen LogP contribution in [0.3, 0.4) is 0 Å². The number of carbonyl (C=O) groups excluding carboxylic acids is 1. The zero-order valence-electron chi connectivity index (χ0n) is 16.4. The number of benzene rings is 2. The molecule has 2 fully saturated rings. The van der Waals surface area contributed by atoms with Crippen LogP contribution in [-0.4, -0.2) is 57.4 Å². The summed E-state index contributed by atoms with van der Waals surface area (Å²) in [6.07, 6.45) is -2.47. The van der Waals surface area contributed by atoms with Crippen LogP contribution in [0.4, 0.5) is 0 Å². The van der Waals surface area contributed by atoms with Crippen molar-refractivity contribution in [3.63, 3.8) is 0 Å². The Morgan fingerprint density at radius 2 is 1.66 bits per heavy atom. The lowest BCUT2D eigenvalue weighted by molar-refractivity contribution is -0.343. The third kappa shape index (κ3) is 4.19. The maximum absolute atomic E-state index is 12.7. The summed E-state index contributed by atoms with van der Waals surface area (Å²) < 4.78 is 29.4. The first kappa shape index (κ1) is 20.0. The lowest BCUT2D eigenvalue weighted by Gasteiger charge is -2.48. The second-order valence-corrected chi connectivity index (χ2v) is 7.02. The van der Waals surface area contributed by atoms with E-state index in [4.69, 9.17) is 23.7 Å². The van der Waals surface area contributed by atoms with Gasteiger partial charge < -0.3 is 29.0 Å². The van der Waals surface area contributed by atoms with Crippen LogP contribution in [0.1, 0.15) is 22.2 Å². The largest absolute Gasteiger partial charge is 0.376 e. The Balaban J connectivity index is 1.54. The van der Waals surface area contributed by atoms with E-state index in [9.17, 15) is 4.79 Å². The Bertz CT molecular complexity index is 801. The molecule has 4 rings (SSSR count). The van der Waals surface area contributed by atoms with Crippen LogP contribution in [0.15, 0.2) is 60.7 Å². The Morgan fingerprint density at radius 1 is 0.966 bits per heavy atom. The second kappa shape index (κ2) is 9.02. The molecular weight excluding hydrogens is 374 g/mol. The van der Waals surface area contributed by atoms with Gasteiger partial charge in [0, 0.05) is 25.3 Å². The Morgan fingerprint density at radius 3 is 2.31 bits per heavy atom. The molecule has 0 spiro atoms. The van der Waals surface area contributed by atoms with Crippen molar-refractivity contribution in [3.8, 4) is 0 Å². The zero-order chi connectivity index (χ0) is 20.2. The molecule has 1 N–H and O–H groups in total. The molecule has 2 aromatic rings. The van der Waals surface area contributed by atoms with Gasteiger partial charge in [-0.3, -0.25) is 4.79 Å². The fourth-order valence-electron chi connectivity index (χ4n) is 3.81. The molecule has 6 atom stereocenters. The zero-order valence-corrected chi connectivity index (χ0v) is 16.4. The fraction of sp³-hybridized carbons (Fsp3) is 0.409. The number of fused-ring (bicyclic) bond motifs is 1. The first-order valence-electron chi connectivity index (χ1n) is 9.60. The Hall–Kier alpha value is -2.29. The van der Waals surface area contributed by atoms with Gasteiger partial charge in [-0.2, -0.15) is 0 Å². The normalized spacial score (nSPS) is 31.7. The van der Waals surface area contributed by atoms with Crippen molar-refractivity contribution in [3.05, 3.63) is 71.8 Å².